The lowest BCUT2D eigenvalue weighted by molar-refractivity contribution is -0.373. The van der Waals surface area contributed by atoms with Crippen molar-refractivity contribution in [2.24, 2.45) is 58.2 Å². The largest absolute Gasteiger partial charge is 0.450 e. The molecule has 8 rings (SSSR count). The Kier molecular flexibility index (Phi) is 8.62. The van der Waals surface area contributed by atoms with Gasteiger partial charge in [0.05, 0.1) is 23.2 Å². The lowest BCUT2D eigenvalue weighted by Crippen LogP contribution is -2.85. The third-order valence-electron chi connectivity index (χ3n) is 16.7. The highest BCUT2D eigenvalue weighted by Gasteiger charge is 2.84. The number of aliphatic hydroxyl groups is 5. The lowest BCUT2D eigenvalue weighted by Gasteiger charge is -2.72. The number of hydrogen-bond acceptors (Lipinski definition) is 10. The van der Waals surface area contributed by atoms with Crippen LogP contribution in [0.15, 0.2) is 23.3 Å². The SMILES string of the molecule is CNCCNCC1=C[C@@H]2C[C@]3(O)[C@]4(O)[C@@H](O)[C@H]5C[C@@H]([C@@H](C)C6CCCC6)CC[C@H]6[C@@H](O)CC[C@](C=O)([C@H]4CC[C@]3(C)[C@H]2C2=CC(=O)O[C@@H]12)[C@]56O. The van der Waals surface area contributed by atoms with Crippen LogP contribution in [0.2, 0.25) is 0 Å². The summed E-state index contributed by atoms with van der Waals surface area (Å²) in [4.78, 5) is 26.6. The number of allylic oxidation sites excluding steroid dienone is 1. The molecular weight excluding hydrogens is 636 g/mol. The Hall–Kier alpha value is -1.66. The molecule has 7 aliphatic carbocycles. The first-order valence-electron chi connectivity index (χ1n) is 19.8. The standard InChI is InChI=1S/C40H60N2O8/c1-22(23-6-4-5-7-23)24-8-9-28-30(44)10-13-37(21-43)31-11-12-36(2)33-25(16-26(20-42-15-14-41-3)34-27(33)18-32(45)50-34)19-38(36,47)40(31,49)35(46)29(17-24)39(28,37)48/h16,18,21-25,28-31,33-35,41-42,44,46-49H,4-15,17,19-20H2,1-3H3/t22-,24-,25+,28-,29+,30-,31+,33+,34-,35-,36+,37-,38+,39+,40+/m0/s1. The quantitative estimate of drug-likeness (QED) is 0.0867. The second kappa shape index (κ2) is 12.2. The summed E-state index contributed by atoms with van der Waals surface area (Å²) in [5, 5.41) is 71.2. The first kappa shape index (κ1) is 35.4. The topological polar surface area (TPSA) is 169 Å². The Balaban J connectivity index is 1.23. The van der Waals surface area contributed by atoms with E-state index in [1.807, 2.05) is 14.0 Å². The number of fused-ring (bicyclic) bond motifs is 8. The Morgan fingerprint density at radius 3 is 2.46 bits per heavy atom. The Bertz CT molecular complexity index is 1450. The molecule has 0 unspecified atom stereocenters. The fourth-order valence-corrected chi connectivity index (χ4v) is 14.3. The van der Waals surface area contributed by atoms with E-state index in [4.69, 9.17) is 4.74 Å². The van der Waals surface area contributed by atoms with E-state index < -0.39 is 69.7 Å². The van der Waals surface area contributed by atoms with Gasteiger partial charge in [-0.1, -0.05) is 45.6 Å². The molecule has 0 saturated heterocycles. The van der Waals surface area contributed by atoms with Crippen LogP contribution >= 0.6 is 0 Å². The van der Waals surface area contributed by atoms with E-state index in [0.717, 1.165) is 49.8 Å². The average molecular weight is 697 g/mol. The molecule has 8 aliphatic rings. The average Bonchev–Trinajstić information content (AvgIpc) is 3.78. The highest BCUT2D eigenvalue weighted by atomic mass is 16.5. The van der Waals surface area contributed by atoms with Crippen LogP contribution in [0.4, 0.5) is 0 Å². The third-order valence-corrected chi connectivity index (χ3v) is 16.7. The molecule has 10 nitrogen and oxygen atoms in total. The maximum atomic E-state index is 13.8. The van der Waals surface area contributed by atoms with Crippen molar-refractivity contribution >= 4 is 12.3 Å². The molecule has 0 aromatic rings. The summed E-state index contributed by atoms with van der Waals surface area (Å²) in [7, 11) is 1.89. The summed E-state index contributed by atoms with van der Waals surface area (Å²) >= 11 is 0. The Morgan fingerprint density at radius 1 is 0.980 bits per heavy atom. The molecule has 7 N–H and O–H groups in total. The van der Waals surface area contributed by atoms with Crippen LogP contribution in [0.1, 0.15) is 90.9 Å². The summed E-state index contributed by atoms with van der Waals surface area (Å²) in [5.74, 6) is -2.30. The van der Waals surface area contributed by atoms with Crippen molar-refractivity contribution < 1.29 is 39.9 Å². The van der Waals surface area contributed by atoms with Crippen LogP contribution in [0.5, 0.6) is 0 Å². The smallest absolute Gasteiger partial charge is 0.331 e. The molecule has 1 heterocycles. The van der Waals surface area contributed by atoms with Gasteiger partial charge in [-0.05, 0) is 99.1 Å². The molecule has 0 aromatic heterocycles. The van der Waals surface area contributed by atoms with Gasteiger partial charge < -0.3 is 45.7 Å². The van der Waals surface area contributed by atoms with Gasteiger partial charge >= 0.3 is 5.97 Å². The van der Waals surface area contributed by atoms with Gasteiger partial charge in [0.25, 0.3) is 0 Å². The maximum Gasteiger partial charge on any atom is 0.331 e. The molecule has 6 fully saturated rings. The van der Waals surface area contributed by atoms with Gasteiger partial charge in [0.2, 0.25) is 0 Å². The minimum Gasteiger partial charge on any atom is -0.450 e. The predicted octanol–water partition coefficient (Wildman–Crippen LogP) is 2.41. The highest BCUT2D eigenvalue weighted by Crippen LogP contribution is 2.76. The van der Waals surface area contributed by atoms with Gasteiger partial charge in [-0.25, -0.2) is 4.79 Å². The second-order valence-electron chi connectivity index (χ2n) is 18.2. The van der Waals surface area contributed by atoms with E-state index in [1.54, 1.807) is 6.08 Å². The molecule has 0 bridgehead atoms. The monoisotopic (exact) mass is 696 g/mol. The van der Waals surface area contributed by atoms with Crippen molar-refractivity contribution in [3.63, 3.8) is 0 Å². The van der Waals surface area contributed by atoms with E-state index in [0.29, 0.717) is 50.5 Å². The number of likely N-dealkylation sites (N-methyl/N-ethyl adjacent to an activating group) is 1. The molecule has 0 radical (unpaired) electrons. The van der Waals surface area contributed by atoms with Crippen molar-refractivity contribution in [3.8, 4) is 0 Å². The van der Waals surface area contributed by atoms with Gasteiger partial charge in [0, 0.05) is 48.9 Å². The predicted molar refractivity (Wildman–Crippen MR) is 185 cm³/mol. The Labute approximate surface area is 296 Å². The molecular formula is C40H60N2O8. The minimum absolute atomic E-state index is 0.147. The number of carbonyl (C=O) groups excluding carboxylic acids is 2. The number of hydrogen-bond donors (Lipinski definition) is 7. The van der Waals surface area contributed by atoms with Crippen LogP contribution in [-0.2, 0) is 14.3 Å². The number of carbonyl (C=O) groups is 2. The fourth-order valence-electron chi connectivity index (χ4n) is 14.3. The molecule has 0 amide bonds. The zero-order chi connectivity index (χ0) is 35.4. The van der Waals surface area contributed by atoms with Gasteiger partial charge in [-0.15, -0.1) is 0 Å². The zero-order valence-electron chi connectivity index (χ0n) is 30.2. The minimum atomic E-state index is -2.11. The summed E-state index contributed by atoms with van der Waals surface area (Å²) < 4.78 is 5.87. The van der Waals surface area contributed by atoms with E-state index in [-0.39, 0.29) is 30.6 Å². The number of aldehydes is 1. The van der Waals surface area contributed by atoms with Crippen molar-refractivity contribution in [2.45, 2.75) is 126 Å². The van der Waals surface area contributed by atoms with Gasteiger partial charge in [0.15, 0.2) is 0 Å². The van der Waals surface area contributed by atoms with Crippen molar-refractivity contribution in [2.75, 3.05) is 26.7 Å². The molecule has 1 aliphatic heterocycles. The number of esters is 1. The number of ether oxygens (including phenoxy) is 1. The second-order valence-corrected chi connectivity index (χ2v) is 18.2. The fraction of sp³-hybridized carbons (Fsp3) is 0.850. The summed E-state index contributed by atoms with van der Waals surface area (Å²) in [6.07, 6.45) is 9.65. The first-order chi connectivity index (χ1) is 23.8. The highest BCUT2D eigenvalue weighted by molar-refractivity contribution is 5.87. The molecule has 50 heavy (non-hydrogen) atoms. The number of rotatable bonds is 8. The van der Waals surface area contributed by atoms with Crippen LogP contribution < -0.4 is 10.6 Å². The lowest BCUT2D eigenvalue weighted by atomic mass is 9.35. The van der Waals surface area contributed by atoms with Crippen LogP contribution in [-0.4, -0.2) is 99.6 Å². The third kappa shape index (κ3) is 4.39. The summed E-state index contributed by atoms with van der Waals surface area (Å²) in [6.45, 7) is 6.29. The van der Waals surface area contributed by atoms with E-state index in [1.165, 1.54) is 12.8 Å². The molecule has 6 saturated carbocycles. The van der Waals surface area contributed by atoms with Crippen LogP contribution in [0, 0.1) is 58.2 Å². The van der Waals surface area contributed by atoms with Crippen LogP contribution in [0.3, 0.4) is 0 Å². The molecule has 278 valence electrons. The van der Waals surface area contributed by atoms with Gasteiger partial charge in [0.1, 0.15) is 23.6 Å². The van der Waals surface area contributed by atoms with Crippen molar-refractivity contribution in [3.05, 3.63) is 23.3 Å². The Morgan fingerprint density at radius 2 is 1.74 bits per heavy atom. The molecule has 0 aromatic carbocycles. The van der Waals surface area contributed by atoms with E-state index in [9.17, 15) is 35.1 Å². The molecule has 15 atom stereocenters. The molecule has 0 spiro atoms. The van der Waals surface area contributed by atoms with E-state index >= 15 is 0 Å². The zero-order valence-corrected chi connectivity index (χ0v) is 30.2. The van der Waals surface area contributed by atoms with Crippen LogP contribution in [0.25, 0.3) is 0 Å². The van der Waals surface area contributed by atoms with Gasteiger partial charge in [-0.3, -0.25) is 0 Å². The maximum absolute atomic E-state index is 13.8. The first-order valence-corrected chi connectivity index (χ1v) is 19.8. The molecule has 10 heteroatoms. The van der Waals surface area contributed by atoms with Gasteiger partial charge in [-0.2, -0.15) is 0 Å². The van der Waals surface area contributed by atoms with Crippen molar-refractivity contribution in [1.29, 1.82) is 0 Å². The number of aliphatic hydroxyl groups excluding tert-OH is 2. The summed E-state index contributed by atoms with van der Waals surface area (Å²) in [6, 6.07) is 0. The number of nitrogens with one attached hydrogen (secondary N) is 2. The summed E-state index contributed by atoms with van der Waals surface area (Å²) in [5.41, 5.74) is -6.28. The normalized spacial score (nSPS) is 51.6. The van der Waals surface area contributed by atoms with E-state index in [2.05, 4.69) is 23.6 Å². The van der Waals surface area contributed by atoms with Crippen molar-refractivity contribution in [1.82, 2.24) is 10.6 Å².